The van der Waals surface area contributed by atoms with Crippen LogP contribution in [0.3, 0.4) is 0 Å². The van der Waals surface area contributed by atoms with Crippen molar-refractivity contribution >= 4 is 17.0 Å². The van der Waals surface area contributed by atoms with Crippen molar-refractivity contribution < 1.29 is 4.74 Å². The molecule has 3 aromatic heterocycles. The smallest absolute Gasteiger partial charge is 0.158 e. The first-order valence-electron chi connectivity index (χ1n) is 11.7. The van der Waals surface area contributed by atoms with Crippen LogP contribution in [0, 0.1) is 12.3 Å². The molecule has 0 bridgehead atoms. The Hall–Kier alpha value is -3.65. The molecule has 174 valence electrons. The molecule has 8 heteroatoms. The molecule has 1 aliphatic carbocycles. The van der Waals surface area contributed by atoms with Gasteiger partial charge in [-0.3, -0.25) is 4.99 Å². The number of anilines is 2. The van der Waals surface area contributed by atoms with E-state index in [0.29, 0.717) is 11.3 Å². The minimum atomic E-state index is 0.525. The lowest BCUT2D eigenvalue weighted by Gasteiger charge is -2.54. The molecule has 1 saturated heterocycles. The van der Waals surface area contributed by atoms with Gasteiger partial charge < -0.3 is 19.9 Å². The number of aryl methyl sites for hydroxylation is 2. The zero-order valence-corrected chi connectivity index (χ0v) is 19.7. The first kappa shape index (κ1) is 20.9. The molecule has 0 radical (unpaired) electrons. The maximum atomic E-state index is 6.14. The van der Waals surface area contributed by atoms with Gasteiger partial charge in [0.05, 0.1) is 0 Å². The quantitative estimate of drug-likeness (QED) is 0.477. The molecular formula is C26H29N7O. The summed E-state index contributed by atoms with van der Waals surface area (Å²) in [5.41, 5.74) is 5.79. The number of hydrogen-bond donors (Lipinski definition) is 2. The Morgan fingerprint density at radius 1 is 1.15 bits per heavy atom. The monoisotopic (exact) mass is 455 g/mol. The molecule has 8 nitrogen and oxygen atoms in total. The number of benzene rings is 1. The molecule has 34 heavy (non-hydrogen) atoms. The van der Waals surface area contributed by atoms with Crippen molar-refractivity contribution in [2.45, 2.75) is 25.7 Å². The Bertz CT molecular complexity index is 1440. The van der Waals surface area contributed by atoms with Crippen LogP contribution in [0.25, 0.3) is 5.52 Å². The number of pyridine rings is 1. The Labute approximate surface area is 198 Å². The van der Waals surface area contributed by atoms with E-state index in [9.17, 15) is 0 Å². The maximum Gasteiger partial charge on any atom is 0.158 e. The molecule has 0 amide bonds. The van der Waals surface area contributed by atoms with E-state index in [4.69, 9.17) is 4.74 Å². The van der Waals surface area contributed by atoms with E-state index < -0.39 is 0 Å². The van der Waals surface area contributed by atoms with Crippen LogP contribution in [0.5, 0.6) is 11.5 Å². The topological polar surface area (TPSA) is 80.8 Å². The van der Waals surface area contributed by atoms with Crippen molar-refractivity contribution in [2.75, 3.05) is 25.5 Å². The van der Waals surface area contributed by atoms with E-state index in [1.807, 2.05) is 59.7 Å². The van der Waals surface area contributed by atoms with Crippen LogP contribution in [-0.4, -0.2) is 39.3 Å². The van der Waals surface area contributed by atoms with Crippen molar-refractivity contribution in [3.05, 3.63) is 71.7 Å². The number of fused-ring (bicyclic) bond motifs is 1. The molecule has 1 saturated carbocycles. The van der Waals surface area contributed by atoms with E-state index in [0.717, 1.165) is 52.7 Å². The van der Waals surface area contributed by atoms with Crippen LogP contribution < -0.4 is 20.9 Å². The van der Waals surface area contributed by atoms with Crippen molar-refractivity contribution in [3.63, 3.8) is 0 Å². The van der Waals surface area contributed by atoms with E-state index in [1.165, 1.54) is 18.4 Å². The molecule has 6 rings (SSSR count). The third-order valence-corrected chi connectivity index (χ3v) is 7.27. The summed E-state index contributed by atoms with van der Waals surface area (Å²) in [7, 11) is 3.74. The Morgan fingerprint density at radius 2 is 2.00 bits per heavy atom. The van der Waals surface area contributed by atoms with Gasteiger partial charge in [0.15, 0.2) is 5.82 Å². The lowest BCUT2D eigenvalue weighted by Crippen LogP contribution is -2.59. The van der Waals surface area contributed by atoms with Crippen LogP contribution in [0.15, 0.2) is 60.1 Å². The molecular weight excluding hydrogens is 426 g/mol. The minimum Gasteiger partial charge on any atom is -0.457 e. The first-order valence-corrected chi connectivity index (χ1v) is 11.7. The average Bonchev–Trinajstić information content (AvgIpc) is 3.20. The number of nitrogens with zero attached hydrogens (tertiary/aromatic N) is 5. The van der Waals surface area contributed by atoms with Crippen molar-refractivity contribution in [1.82, 2.24) is 24.5 Å². The summed E-state index contributed by atoms with van der Waals surface area (Å²) in [6.07, 6.45) is 8.07. The molecule has 2 aliphatic rings. The fourth-order valence-corrected chi connectivity index (χ4v) is 5.30. The number of rotatable bonds is 5. The fraction of sp³-hybridized carbons (Fsp3) is 0.346. The molecule has 0 unspecified atom stereocenters. The Balaban J connectivity index is 1.25. The summed E-state index contributed by atoms with van der Waals surface area (Å²) in [6.45, 7) is 4.36. The lowest BCUT2D eigenvalue weighted by atomic mass is 9.57. The average molecular weight is 456 g/mol. The highest BCUT2D eigenvalue weighted by molar-refractivity contribution is 5.77. The minimum absolute atomic E-state index is 0.525. The third kappa shape index (κ3) is 3.54. The summed E-state index contributed by atoms with van der Waals surface area (Å²) < 4.78 is 10.0. The van der Waals surface area contributed by atoms with E-state index in [-0.39, 0.29) is 0 Å². The van der Waals surface area contributed by atoms with Crippen LogP contribution in [0.2, 0.25) is 0 Å². The number of ether oxygens (including phenoxy) is 1. The molecule has 0 atom stereocenters. The highest BCUT2D eigenvalue weighted by atomic mass is 16.5. The van der Waals surface area contributed by atoms with Crippen LogP contribution >= 0.6 is 0 Å². The zero-order chi connectivity index (χ0) is 23.3. The van der Waals surface area contributed by atoms with E-state index in [2.05, 4.69) is 37.8 Å². The summed E-state index contributed by atoms with van der Waals surface area (Å²) in [6, 6.07) is 12.2. The van der Waals surface area contributed by atoms with Crippen molar-refractivity contribution in [3.8, 4) is 11.5 Å². The second-order valence-electron chi connectivity index (χ2n) is 9.64. The second-order valence-corrected chi connectivity index (χ2v) is 9.64. The molecule has 2 N–H and O–H groups in total. The standard InChI is InChI=1S/C26H29N7O/c1-17-10-19(4-5-22(17)34-20-6-8-32(3)23(11-20)27-2)31-25-24-21(7-9-33(24)30-16-29-25)18-12-26(13-18)14-28-15-26/h4-11,16,18,28H,12-15H2,1-3H3,(H,29,30,31). The normalized spacial score (nSPS) is 17.6. The second kappa shape index (κ2) is 7.99. The predicted octanol–water partition coefficient (Wildman–Crippen LogP) is 3.91. The summed E-state index contributed by atoms with van der Waals surface area (Å²) in [4.78, 5) is 8.87. The molecule has 1 aliphatic heterocycles. The Morgan fingerprint density at radius 3 is 2.74 bits per heavy atom. The van der Waals surface area contributed by atoms with Crippen LogP contribution in [0.4, 0.5) is 11.5 Å². The molecule has 4 aromatic rings. The SMILES string of the molecule is CN=c1cc(Oc2ccc(Nc3ncnn4ccc(C5CC6(CNC6)C5)c34)cc2C)ccn1C. The maximum absolute atomic E-state index is 6.14. The number of hydrogen-bond acceptors (Lipinski definition) is 6. The Kier molecular flexibility index (Phi) is 4.91. The van der Waals surface area contributed by atoms with Crippen molar-refractivity contribution in [1.29, 1.82) is 0 Å². The zero-order valence-electron chi connectivity index (χ0n) is 19.7. The van der Waals surface area contributed by atoms with Gasteiger partial charge in [0.2, 0.25) is 0 Å². The highest BCUT2D eigenvalue weighted by Crippen LogP contribution is 2.54. The largest absolute Gasteiger partial charge is 0.457 e. The van der Waals surface area contributed by atoms with Crippen LogP contribution in [-0.2, 0) is 7.05 Å². The molecule has 1 aromatic carbocycles. The van der Waals surface area contributed by atoms with Crippen molar-refractivity contribution in [2.24, 2.45) is 17.5 Å². The van der Waals surface area contributed by atoms with Gasteiger partial charge >= 0.3 is 0 Å². The van der Waals surface area contributed by atoms with Gasteiger partial charge in [0.25, 0.3) is 0 Å². The summed E-state index contributed by atoms with van der Waals surface area (Å²) >= 11 is 0. The summed E-state index contributed by atoms with van der Waals surface area (Å²) in [5.74, 6) is 2.98. The molecule has 2 fully saturated rings. The van der Waals surface area contributed by atoms with E-state index in [1.54, 1.807) is 13.4 Å². The van der Waals surface area contributed by atoms with E-state index >= 15 is 0 Å². The van der Waals surface area contributed by atoms with Gasteiger partial charge in [-0.05, 0) is 72.6 Å². The van der Waals surface area contributed by atoms with Gasteiger partial charge in [-0.25, -0.2) is 9.50 Å². The predicted molar refractivity (Wildman–Crippen MR) is 132 cm³/mol. The first-order chi connectivity index (χ1) is 16.5. The fourth-order valence-electron chi connectivity index (χ4n) is 5.30. The van der Waals surface area contributed by atoms with Gasteiger partial charge in [-0.1, -0.05) is 0 Å². The molecule has 1 spiro atoms. The van der Waals surface area contributed by atoms with Gasteiger partial charge in [-0.2, -0.15) is 5.10 Å². The lowest BCUT2D eigenvalue weighted by molar-refractivity contribution is 0.0368. The summed E-state index contributed by atoms with van der Waals surface area (Å²) in [5, 5.41) is 11.4. The number of nitrogens with one attached hydrogen (secondary N) is 2. The van der Waals surface area contributed by atoms with Gasteiger partial charge in [0.1, 0.15) is 28.8 Å². The molecule has 4 heterocycles. The third-order valence-electron chi connectivity index (χ3n) is 7.27. The number of aromatic nitrogens is 4. The van der Waals surface area contributed by atoms with Gasteiger partial charge in [0, 0.05) is 51.3 Å². The highest BCUT2D eigenvalue weighted by Gasteiger charge is 2.49. The van der Waals surface area contributed by atoms with Gasteiger partial charge in [-0.15, -0.1) is 0 Å². The van der Waals surface area contributed by atoms with Crippen LogP contribution in [0.1, 0.15) is 29.9 Å².